The molecule has 1 aromatic heterocycles. The molecule has 0 spiro atoms. The van der Waals surface area contributed by atoms with Crippen molar-refractivity contribution in [1.82, 2.24) is 15.0 Å². The molecule has 7 heteroatoms. The molecule has 0 aliphatic carbocycles. The van der Waals surface area contributed by atoms with Gasteiger partial charge in [0.25, 0.3) is 5.91 Å². The van der Waals surface area contributed by atoms with Crippen molar-refractivity contribution < 1.29 is 18.8 Å². The van der Waals surface area contributed by atoms with Gasteiger partial charge in [-0.1, -0.05) is 19.0 Å². The van der Waals surface area contributed by atoms with Crippen molar-refractivity contribution in [2.45, 2.75) is 46.0 Å². The summed E-state index contributed by atoms with van der Waals surface area (Å²) in [6.07, 6.45) is 2.82. The molecular formula is C21H29N3O4. The minimum Gasteiger partial charge on any atom is -0.493 e. The van der Waals surface area contributed by atoms with Crippen molar-refractivity contribution in [2.24, 2.45) is 5.92 Å². The van der Waals surface area contributed by atoms with E-state index in [1.54, 1.807) is 26.2 Å². The minimum atomic E-state index is -0.0204. The maximum atomic E-state index is 13.0. The number of carbonyl (C=O) groups is 1. The van der Waals surface area contributed by atoms with Crippen LogP contribution in [0.3, 0.4) is 0 Å². The van der Waals surface area contributed by atoms with Crippen molar-refractivity contribution in [1.29, 1.82) is 0 Å². The molecule has 152 valence electrons. The van der Waals surface area contributed by atoms with Gasteiger partial charge < -0.3 is 18.9 Å². The molecule has 3 rings (SSSR count). The SMILES string of the molecule is COc1cc(C(=O)N2CCCC(c3nc(C)no3)C2)ccc1OCCC(C)C. The molecule has 2 aromatic rings. The number of methoxy groups -OCH3 is 1. The maximum Gasteiger partial charge on any atom is 0.254 e. The van der Waals surface area contributed by atoms with Gasteiger partial charge in [-0.3, -0.25) is 4.79 Å². The summed E-state index contributed by atoms with van der Waals surface area (Å²) in [4.78, 5) is 19.2. The van der Waals surface area contributed by atoms with Crippen molar-refractivity contribution in [2.75, 3.05) is 26.8 Å². The van der Waals surface area contributed by atoms with E-state index in [0.29, 0.717) is 47.8 Å². The fourth-order valence-electron chi connectivity index (χ4n) is 3.35. The number of benzene rings is 1. The summed E-state index contributed by atoms with van der Waals surface area (Å²) >= 11 is 0. The van der Waals surface area contributed by atoms with Crippen LogP contribution >= 0.6 is 0 Å². The maximum absolute atomic E-state index is 13.0. The number of aromatic nitrogens is 2. The van der Waals surface area contributed by atoms with E-state index in [0.717, 1.165) is 25.8 Å². The number of rotatable bonds is 7. The summed E-state index contributed by atoms with van der Waals surface area (Å²) in [6.45, 7) is 8.04. The van der Waals surface area contributed by atoms with Crippen LogP contribution in [0.5, 0.6) is 11.5 Å². The average Bonchev–Trinajstić information content (AvgIpc) is 3.14. The first kappa shape index (κ1) is 20.2. The highest BCUT2D eigenvalue weighted by Crippen LogP contribution is 2.31. The molecule has 1 fully saturated rings. The van der Waals surface area contributed by atoms with Gasteiger partial charge in [-0.15, -0.1) is 0 Å². The topological polar surface area (TPSA) is 77.7 Å². The van der Waals surface area contributed by atoms with Crippen molar-refractivity contribution in [3.05, 3.63) is 35.5 Å². The lowest BCUT2D eigenvalue weighted by Crippen LogP contribution is -2.39. The van der Waals surface area contributed by atoms with Crippen LogP contribution < -0.4 is 9.47 Å². The Bertz CT molecular complexity index is 803. The number of hydrogen-bond acceptors (Lipinski definition) is 6. The van der Waals surface area contributed by atoms with Crippen LogP contribution in [-0.2, 0) is 0 Å². The first-order valence-corrected chi connectivity index (χ1v) is 9.88. The summed E-state index contributed by atoms with van der Waals surface area (Å²) in [5.74, 6) is 3.11. The smallest absolute Gasteiger partial charge is 0.254 e. The van der Waals surface area contributed by atoms with Gasteiger partial charge in [-0.2, -0.15) is 4.98 Å². The summed E-state index contributed by atoms with van der Waals surface area (Å²) in [5, 5.41) is 3.87. The van der Waals surface area contributed by atoms with E-state index in [4.69, 9.17) is 14.0 Å². The predicted octanol–water partition coefficient (Wildman–Crippen LogP) is 3.83. The van der Waals surface area contributed by atoms with Crippen LogP contribution in [0.25, 0.3) is 0 Å². The zero-order valence-corrected chi connectivity index (χ0v) is 17.1. The Balaban J connectivity index is 1.69. The molecular weight excluding hydrogens is 358 g/mol. The number of aryl methyl sites for hydroxylation is 1. The number of hydrogen-bond donors (Lipinski definition) is 0. The lowest BCUT2D eigenvalue weighted by molar-refractivity contribution is 0.0695. The van der Waals surface area contributed by atoms with Crippen LogP contribution in [0.1, 0.15) is 61.1 Å². The molecule has 0 N–H and O–H groups in total. The van der Waals surface area contributed by atoms with E-state index in [2.05, 4.69) is 24.0 Å². The second kappa shape index (κ2) is 9.08. The van der Waals surface area contributed by atoms with Crippen LogP contribution in [-0.4, -0.2) is 47.8 Å². The molecule has 1 atom stereocenters. The Morgan fingerprint density at radius 3 is 2.86 bits per heavy atom. The fraction of sp³-hybridized carbons (Fsp3) is 0.571. The Morgan fingerprint density at radius 2 is 2.18 bits per heavy atom. The second-order valence-corrected chi connectivity index (χ2v) is 7.67. The summed E-state index contributed by atoms with van der Waals surface area (Å²) in [7, 11) is 1.59. The van der Waals surface area contributed by atoms with Gasteiger partial charge in [-0.05, 0) is 50.3 Å². The van der Waals surface area contributed by atoms with Crippen molar-refractivity contribution in [3.8, 4) is 11.5 Å². The normalized spacial score (nSPS) is 17.0. The molecule has 1 saturated heterocycles. The Kier molecular flexibility index (Phi) is 6.54. The van der Waals surface area contributed by atoms with Gasteiger partial charge in [0.1, 0.15) is 0 Å². The molecule has 2 heterocycles. The third-order valence-electron chi connectivity index (χ3n) is 4.96. The lowest BCUT2D eigenvalue weighted by atomic mass is 9.97. The van der Waals surface area contributed by atoms with Crippen LogP contribution in [0.2, 0.25) is 0 Å². The largest absolute Gasteiger partial charge is 0.493 e. The molecule has 0 saturated carbocycles. The Hall–Kier alpha value is -2.57. The quantitative estimate of drug-likeness (QED) is 0.718. The highest BCUT2D eigenvalue weighted by molar-refractivity contribution is 5.95. The van der Waals surface area contributed by atoms with E-state index in [1.165, 1.54) is 0 Å². The third-order valence-corrected chi connectivity index (χ3v) is 4.96. The number of likely N-dealkylation sites (tertiary alicyclic amines) is 1. The lowest BCUT2D eigenvalue weighted by Gasteiger charge is -2.31. The first-order chi connectivity index (χ1) is 13.5. The van der Waals surface area contributed by atoms with E-state index in [-0.39, 0.29) is 11.8 Å². The zero-order valence-electron chi connectivity index (χ0n) is 17.1. The van der Waals surface area contributed by atoms with E-state index in [1.807, 2.05) is 11.0 Å². The van der Waals surface area contributed by atoms with Crippen molar-refractivity contribution >= 4 is 5.91 Å². The number of nitrogens with zero attached hydrogens (tertiary/aromatic N) is 3. The molecule has 1 amide bonds. The number of ether oxygens (including phenoxy) is 2. The molecule has 0 bridgehead atoms. The average molecular weight is 387 g/mol. The molecule has 0 radical (unpaired) electrons. The number of piperidine rings is 1. The van der Waals surface area contributed by atoms with Gasteiger partial charge >= 0.3 is 0 Å². The predicted molar refractivity (Wildman–Crippen MR) is 105 cm³/mol. The van der Waals surface area contributed by atoms with Crippen LogP contribution in [0.15, 0.2) is 22.7 Å². The highest BCUT2D eigenvalue weighted by Gasteiger charge is 2.29. The summed E-state index contributed by atoms with van der Waals surface area (Å²) in [6, 6.07) is 5.37. The van der Waals surface area contributed by atoms with Crippen molar-refractivity contribution in [3.63, 3.8) is 0 Å². The molecule has 28 heavy (non-hydrogen) atoms. The van der Waals surface area contributed by atoms with E-state index in [9.17, 15) is 4.79 Å². The van der Waals surface area contributed by atoms with Gasteiger partial charge in [-0.25, -0.2) is 0 Å². The first-order valence-electron chi connectivity index (χ1n) is 9.88. The van der Waals surface area contributed by atoms with Gasteiger partial charge in [0, 0.05) is 18.7 Å². The number of carbonyl (C=O) groups excluding carboxylic acids is 1. The molecule has 1 aromatic carbocycles. The molecule has 1 unspecified atom stereocenters. The minimum absolute atomic E-state index is 0.0204. The molecule has 1 aliphatic rings. The van der Waals surface area contributed by atoms with Crippen LogP contribution in [0, 0.1) is 12.8 Å². The van der Waals surface area contributed by atoms with Gasteiger partial charge in [0.05, 0.1) is 19.6 Å². The second-order valence-electron chi connectivity index (χ2n) is 7.67. The highest BCUT2D eigenvalue weighted by atomic mass is 16.5. The summed E-state index contributed by atoms with van der Waals surface area (Å²) < 4.78 is 16.6. The van der Waals surface area contributed by atoms with E-state index >= 15 is 0 Å². The standard InChI is InChI=1S/C21H29N3O4/c1-14(2)9-11-27-18-8-7-16(12-19(18)26-4)21(25)24-10-5-6-17(13-24)20-22-15(3)23-28-20/h7-8,12,14,17H,5-6,9-11,13H2,1-4H3. The fourth-order valence-corrected chi connectivity index (χ4v) is 3.35. The summed E-state index contributed by atoms with van der Waals surface area (Å²) in [5.41, 5.74) is 0.593. The molecule has 1 aliphatic heterocycles. The van der Waals surface area contributed by atoms with Gasteiger partial charge in [0.15, 0.2) is 17.3 Å². The van der Waals surface area contributed by atoms with E-state index < -0.39 is 0 Å². The molecule has 7 nitrogen and oxygen atoms in total. The zero-order chi connectivity index (χ0) is 20.1. The van der Waals surface area contributed by atoms with Crippen LogP contribution in [0.4, 0.5) is 0 Å². The monoisotopic (exact) mass is 387 g/mol. The number of amides is 1. The van der Waals surface area contributed by atoms with Gasteiger partial charge in [0.2, 0.25) is 5.89 Å². The Morgan fingerprint density at radius 1 is 1.36 bits per heavy atom. The third kappa shape index (κ3) is 4.82. The Labute approximate surface area is 166 Å².